The molecule has 1 fully saturated rings. The lowest BCUT2D eigenvalue weighted by atomic mass is 10.1. The van der Waals surface area contributed by atoms with Crippen LogP contribution in [0.3, 0.4) is 0 Å². The molecule has 0 saturated heterocycles. The fourth-order valence-electron chi connectivity index (χ4n) is 2.38. The van der Waals surface area contributed by atoms with Gasteiger partial charge in [-0.15, -0.1) is 0 Å². The Bertz CT molecular complexity index is 612. The van der Waals surface area contributed by atoms with E-state index < -0.39 is 0 Å². The molecule has 1 aliphatic carbocycles. The molecule has 2 heterocycles. The van der Waals surface area contributed by atoms with Crippen molar-refractivity contribution in [1.82, 2.24) is 20.0 Å². The monoisotopic (exact) mass is 274 g/mol. The molecule has 1 N–H and O–H groups in total. The highest BCUT2D eigenvalue weighted by molar-refractivity contribution is 5.78. The van der Waals surface area contributed by atoms with Crippen LogP contribution in [-0.2, 0) is 18.3 Å². The molecule has 2 aromatic heterocycles. The van der Waals surface area contributed by atoms with Gasteiger partial charge in [-0.25, -0.2) is 4.98 Å². The molecule has 0 spiro atoms. The second-order valence-electron chi connectivity index (χ2n) is 5.39. The van der Waals surface area contributed by atoms with Crippen molar-refractivity contribution in [2.75, 3.05) is 0 Å². The summed E-state index contributed by atoms with van der Waals surface area (Å²) in [6, 6.07) is 1.78. The van der Waals surface area contributed by atoms with Crippen LogP contribution in [0.5, 0.6) is 0 Å². The zero-order chi connectivity index (χ0) is 14.1. The first-order chi connectivity index (χ1) is 9.63. The summed E-state index contributed by atoms with van der Waals surface area (Å²) in [7, 11) is 1.95. The lowest BCUT2D eigenvalue weighted by Crippen LogP contribution is -2.32. The Morgan fingerprint density at radius 1 is 1.60 bits per heavy atom. The molecule has 0 radical (unpaired) electrons. The van der Waals surface area contributed by atoms with E-state index >= 15 is 0 Å². The molecular formula is C14H18N4O2. The Morgan fingerprint density at radius 2 is 2.40 bits per heavy atom. The maximum Gasteiger partial charge on any atom is 0.228 e. The second kappa shape index (κ2) is 5.11. The van der Waals surface area contributed by atoms with Crippen molar-refractivity contribution < 1.29 is 9.32 Å². The number of rotatable bonds is 5. The molecule has 1 amide bonds. The van der Waals surface area contributed by atoms with Crippen molar-refractivity contribution in [3.05, 3.63) is 35.7 Å². The number of hydrogen-bond acceptors (Lipinski definition) is 4. The molecule has 0 aromatic carbocycles. The highest BCUT2D eigenvalue weighted by atomic mass is 16.5. The number of amides is 1. The minimum absolute atomic E-state index is 0.00785. The quantitative estimate of drug-likeness (QED) is 0.897. The molecule has 1 saturated carbocycles. The summed E-state index contributed by atoms with van der Waals surface area (Å²) in [4.78, 5) is 16.5. The average molecular weight is 274 g/mol. The first-order valence-corrected chi connectivity index (χ1v) is 6.82. The van der Waals surface area contributed by atoms with Crippen LogP contribution in [0.2, 0.25) is 0 Å². The summed E-state index contributed by atoms with van der Waals surface area (Å²) in [6.45, 7) is 1.84. The van der Waals surface area contributed by atoms with Gasteiger partial charge in [-0.3, -0.25) is 4.79 Å². The van der Waals surface area contributed by atoms with Gasteiger partial charge in [0, 0.05) is 25.5 Å². The maximum absolute atomic E-state index is 12.1. The van der Waals surface area contributed by atoms with Crippen molar-refractivity contribution in [3.8, 4) is 0 Å². The van der Waals surface area contributed by atoms with E-state index in [1.54, 1.807) is 12.3 Å². The standard InChI is InChI=1S/C14H18N4O2/c1-9-7-11(20-17-9)8-12(19)16-13(10-3-4-10)14-15-5-6-18(14)2/h5-7,10,13H,3-4,8H2,1-2H3,(H,16,19). The van der Waals surface area contributed by atoms with Crippen LogP contribution >= 0.6 is 0 Å². The maximum atomic E-state index is 12.1. The third kappa shape index (κ3) is 2.74. The van der Waals surface area contributed by atoms with E-state index in [2.05, 4.69) is 15.5 Å². The Balaban J connectivity index is 1.68. The Morgan fingerprint density at radius 3 is 2.95 bits per heavy atom. The summed E-state index contributed by atoms with van der Waals surface area (Å²) in [6.07, 6.45) is 6.15. The summed E-state index contributed by atoms with van der Waals surface area (Å²) in [5, 5.41) is 6.86. The third-order valence-electron chi connectivity index (χ3n) is 3.56. The van der Waals surface area contributed by atoms with E-state index in [1.807, 2.05) is 24.7 Å². The molecule has 6 heteroatoms. The number of aryl methyl sites for hydroxylation is 2. The zero-order valence-corrected chi connectivity index (χ0v) is 11.7. The lowest BCUT2D eigenvalue weighted by Gasteiger charge is -2.17. The van der Waals surface area contributed by atoms with Crippen molar-refractivity contribution in [2.24, 2.45) is 13.0 Å². The van der Waals surface area contributed by atoms with Crippen molar-refractivity contribution in [2.45, 2.75) is 32.2 Å². The predicted octanol–water partition coefficient (Wildman–Crippen LogP) is 1.53. The number of hydrogen-bond donors (Lipinski definition) is 1. The van der Waals surface area contributed by atoms with E-state index in [1.165, 1.54) is 0 Å². The van der Waals surface area contributed by atoms with Gasteiger partial charge in [-0.05, 0) is 25.7 Å². The van der Waals surface area contributed by atoms with Gasteiger partial charge in [0.1, 0.15) is 11.6 Å². The number of carbonyl (C=O) groups is 1. The molecule has 1 aliphatic rings. The van der Waals surface area contributed by atoms with E-state index in [9.17, 15) is 4.79 Å². The fourth-order valence-corrected chi connectivity index (χ4v) is 2.38. The zero-order valence-electron chi connectivity index (χ0n) is 11.7. The van der Waals surface area contributed by atoms with Crippen LogP contribution in [0.4, 0.5) is 0 Å². The van der Waals surface area contributed by atoms with Crippen molar-refractivity contribution in [3.63, 3.8) is 0 Å². The molecule has 20 heavy (non-hydrogen) atoms. The van der Waals surface area contributed by atoms with Crippen LogP contribution in [-0.4, -0.2) is 20.6 Å². The highest BCUT2D eigenvalue weighted by Gasteiger charge is 2.35. The molecule has 106 valence electrons. The van der Waals surface area contributed by atoms with Gasteiger partial charge in [-0.1, -0.05) is 5.16 Å². The molecule has 1 unspecified atom stereocenters. The number of aromatic nitrogens is 3. The van der Waals surface area contributed by atoms with E-state index in [-0.39, 0.29) is 18.4 Å². The molecule has 0 aliphatic heterocycles. The summed E-state index contributed by atoms with van der Waals surface area (Å²) < 4.78 is 7.04. The lowest BCUT2D eigenvalue weighted by molar-refractivity contribution is -0.121. The molecule has 1 atom stereocenters. The summed E-state index contributed by atoms with van der Waals surface area (Å²) in [5.41, 5.74) is 0.788. The smallest absolute Gasteiger partial charge is 0.228 e. The Hall–Kier alpha value is -2.11. The van der Waals surface area contributed by atoms with Crippen LogP contribution < -0.4 is 5.32 Å². The van der Waals surface area contributed by atoms with Gasteiger partial charge in [0.2, 0.25) is 5.91 Å². The number of imidazole rings is 1. The van der Waals surface area contributed by atoms with E-state index in [0.29, 0.717) is 11.7 Å². The first kappa shape index (κ1) is 12.9. The SMILES string of the molecule is Cc1cc(CC(=O)NC(c2nccn2C)C2CC2)on1. The van der Waals surface area contributed by atoms with Gasteiger partial charge >= 0.3 is 0 Å². The van der Waals surface area contributed by atoms with E-state index in [4.69, 9.17) is 4.52 Å². The molecule has 3 rings (SSSR count). The third-order valence-corrected chi connectivity index (χ3v) is 3.56. The van der Waals surface area contributed by atoms with Gasteiger partial charge in [0.15, 0.2) is 0 Å². The predicted molar refractivity (Wildman–Crippen MR) is 71.8 cm³/mol. The largest absolute Gasteiger partial charge is 0.361 e. The number of nitrogens with zero attached hydrogens (tertiary/aromatic N) is 3. The Kier molecular flexibility index (Phi) is 3.30. The summed E-state index contributed by atoms with van der Waals surface area (Å²) in [5.74, 6) is 1.95. The van der Waals surface area contributed by atoms with Gasteiger partial charge in [0.05, 0.1) is 18.2 Å². The molecule has 0 bridgehead atoms. The highest BCUT2D eigenvalue weighted by Crippen LogP contribution is 2.40. The molecular weight excluding hydrogens is 256 g/mol. The van der Waals surface area contributed by atoms with Gasteiger partial charge in [-0.2, -0.15) is 0 Å². The summed E-state index contributed by atoms with van der Waals surface area (Å²) >= 11 is 0. The normalized spacial score (nSPS) is 16.1. The van der Waals surface area contributed by atoms with Crippen molar-refractivity contribution in [1.29, 1.82) is 0 Å². The van der Waals surface area contributed by atoms with E-state index in [0.717, 1.165) is 24.4 Å². The minimum Gasteiger partial charge on any atom is -0.361 e. The number of nitrogens with one attached hydrogen (secondary N) is 1. The van der Waals surface area contributed by atoms with Gasteiger partial charge in [0.25, 0.3) is 0 Å². The topological polar surface area (TPSA) is 73.0 Å². The fraction of sp³-hybridized carbons (Fsp3) is 0.500. The molecule has 6 nitrogen and oxygen atoms in total. The first-order valence-electron chi connectivity index (χ1n) is 6.82. The van der Waals surface area contributed by atoms with Crippen LogP contribution in [0, 0.1) is 12.8 Å². The molecule has 2 aromatic rings. The minimum atomic E-state index is -0.0546. The average Bonchev–Trinajstić information content (AvgIpc) is 3.04. The van der Waals surface area contributed by atoms with Crippen LogP contribution in [0.15, 0.2) is 23.0 Å². The van der Waals surface area contributed by atoms with Crippen LogP contribution in [0.25, 0.3) is 0 Å². The van der Waals surface area contributed by atoms with Crippen molar-refractivity contribution >= 4 is 5.91 Å². The second-order valence-corrected chi connectivity index (χ2v) is 5.39. The van der Waals surface area contributed by atoms with Gasteiger partial charge < -0.3 is 14.4 Å². The Labute approximate surface area is 117 Å². The van der Waals surface area contributed by atoms with Crippen LogP contribution in [0.1, 0.15) is 36.2 Å². The number of carbonyl (C=O) groups excluding carboxylic acids is 1.